The molecule has 0 spiro atoms. The Morgan fingerprint density at radius 3 is 2.70 bits per heavy atom. The Balaban J connectivity index is 1.57. The highest BCUT2D eigenvalue weighted by atomic mass is 32.1. The molecule has 0 radical (unpaired) electrons. The molecular weight excluding hydrogens is 436 g/mol. The molecule has 0 unspecified atom stereocenters. The van der Waals surface area contributed by atoms with Crippen LogP contribution >= 0.6 is 22.9 Å². The molecule has 30 heavy (non-hydrogen) atoms. The van der Waals surface area contributed by atoms with Gasteiger partial charge in [0, 0.05) is 31.1 Å². The predicted octanol–water partition coefficient (Wildman–Crippen LogP) is 2.28. The van der Waals surface area contributed by atoms with E-state index in [2.05, 4.69) is 14.7 Å². The Hall–Kier alpha value is -3.25. The lowest BCUT2D eigenvalue weighted by molar-refractivity contribution is -0.115. The number of aryl methyl sites for hydroxylation is 1. The zero-order valence-electron chi connectivity index (χ0n) is 15.6. The standard InChI is InChI=1S/C18H13F2N5O3S2/c1-24-15(27)14-11(23-30-16(14)25(2)18(24)28)6-13(26)22-17-21-12(7-29-17)9-4-3-8(19)5-10(9)20/h3-5,7H,6H2,1-2H3,(H,21,22,26). The second-order valence-corrected chi connectivity index (χ2v) is 8.01. The zero-order chi connectivity index (χ0) is 21.6. The molecule has 1 N–H and O–H groups in total. The number of rotatable bonds is 4. The average Bonchev–Trinajstić information content (AvgIpc) is 3.32. The van der Waals surface area contributed by atoms with Gasteiger partial charge >= 0.3 is 5.69 Å². The molecule has 8 nitrogen and oxygen atoms in total. The van der Waals surface area contributed by atoms with Gasteiger partial charge in [-0.05, 0) is 23.7 Å². The van der Waals surface area contributed by atoms with Gasteiger partial charge < -0.3 is 5.32 Å². The van der Waals surface area contributed by atoms with Crippen LogP contribution in [0.25, 0.3) is 21.5 Å². The third kappa shape index (κ3) is 3.44. The Morgan fingerprint density at radius 1 is 1.20 bits per heavy atom. The molecule has 0 atom stereocenters. The van der Waals surface area contributed by atoms with Gasteiger partial charge in [-0.15, -0.1) is 11.3 Å². The molecule has 3 heterocycles. The van der Waals surface area contributed by atoms with Gasteiger partial charge in [0.25, 0.3) is 5.56 Å². The lowest BCUT2D eigenvalue weighted by Crippen LogP contribution is -2.36. The number of carbonyl (C=O) groups excluding carboxylic acids is 1. The molecule has 0 aliphatic carbocycles. The lowest BCUT2D eigenvalue weighted by atomic mass is 10.1. The first-order valence-electron chi connectivity index (χ1n) is 8.51. The van der Waals surface area contributed by atoms with Gasteiger partial charge in [0.05, 0.1) is 23.2 Å². The van der Waals surface area contributed by atoms with E-state index >= 15 is 0 Å². The van der Waals surface area contributed by atoms with Crippen LogP contribution in [-0.4, -0.2) is 24.4 Å². The van der Waals surface area contributed by atoms with E-state index in [1.807, 2.05) is 0 Å². The molecule has 0 fully saturated rings. The fraction of sp³-hybridized carbons (Fsp3) is 0.167. The molecule has 0 saturated carbocycles. The fourth-order valence-electron chi connectivity index (χ4n) is 2.91. The quantitative estimate of drug-likeness (QED) is 0.515. The minimum Gasteiger partial charge on any atom is -0.302 e. The molecule has 0 aliphatic rings. The van der Waals surface area contributed by atoms with Gasteiger partial charge in [-0.1, -0.05) is 0 Å². The van der Waals surface area contributed by atoms with Crippen molar-refractivity contribution >= 4 is 44.1 Å². The monoisotopic (exact) mass is 449 g/mol. The van der Waals surface area contributed by atoms with Gasteiger partial charge in [-0.25, -0.2) is 18.6 Å². The van der Waals surface area contributed by atoms with Crippen molar-refractivity contribution in [1.29, 1.82) is 0 Å². The summed E-state index contributed by atoms with van der Waals surface area (Å²) < 4.78 is 33.4. The maximum Gasteiger partial charge on any atom is 0.331 e. The summed E-state index contributed by atoms with van der Waals surface area (Å²) in [4.78, 5) is 41.4. The molecule has 1 amide bonds. The summed E-state index contributed by atoms with van der Waals surface area (Å²) in [7, 11) is 2.88. The van der Waals surface area contributed by atoms with Crippen molar-refractivity contribution in [3.63, 3.8) is 0 Å². The molecule has 154 valence electrons. The van der Waals surface area contributed by atoms with Crippen LogP contribution in [0.3, 0.4) is 0 Å². The molecule has 0 bridgehead atoms. The van der Waals surface area contributed by atoms with Crippen molar-refractivity contribution in [3.05, 3.63) is 61.7 Å². The van der Waals surface area contributed by atoms with E-state index in [-0.39, 0.29) is 33.9 Å². The highest BCUT2D eigenvalue weighted by Crippen LogP contribution is 2.27. The number of nitrogens with one attached hydrogen (secondary N) is 1. The van der Waals surface area contributed by atoms with E-state index < -0.39 is 28.8 Å². The van der Waals surface area contributed by atoms with Gasteiger partial charge in [0.2, 0.25) is 5.91 Å². The van der Waals surface area contributed by atoms with E-state index in [9.17, 15) is 23.2 Å². The third-order valence-electron chi connectivity index (χ3n) is 4.43. The molecule has 1 aromatic carbocycles. The average molecular weight is 449 g/mol. The number of aromatic nitrogens is 4. The first-order valence-corrected chi connectivity index (χ1v) is 10.2. The van der Waals surface area contributed by atoms with Crippen LogP contribution in [0.1, 0.15) is 5.69 Å². The zero-order valence-corrected chi connectivity index (χ0v) is 17.2. The number of hydrogen-bond acceptors (Lipinski definition) is 7. The van der Waals surface area contributed by atoms with E-state index in [1.165, 1.54) is 30.1 Å². The summed E-state index contributed by atoms with van der Waals surface area (Å²) in [6.45, 7) is 0. The van der Waals surface area contributed by atoms with Crippen LogP contribution in [0.5, 0.6) is 0 Å². The fourth-order valence-corrected chi connectivity index (χ4v) is 4.49. The summed E-state index contributed by atoms with van der Waals surface area (Å²) in [5.41, 5.74) is -0.368. The van der Waals surface area contributed by atoms with Crippen molar-refractivity contribution in [3.8, 4) is 11.3 Å². The van der Waals surface area contributed by atoms with Crippen LogP contribution in [0.4, 0.5) is 13.9 Å². The molecular formula is C18H13F2N5O3S2. The van der Waals surface area contributed by atoms with Crippen LogP contribution in [0, 0.1) is 11.6 Å². The first-order chi connectivity index (χ1) is 14.3. The molecule has 0 aliphatic heterocycles. The smallest absolute Gasteiger partial charge is 0.302 e. The van der Waals surface area contributed by atoms with E-state index in [0.717, 1.165) is 39.6 Å². The first kappa shape index (κ1) is 20.0. The molecule has 4 rings (SSSR count). The van der Waals surface area contributed by atoms with Crippen LogP contribution in [0.2, 0.25) is 0 Å². The van der Waals surface area contributed by atoms with Crippen molar-refractivity contribution in [2.45, 2.75) is 6.42 Å². The van der Waals surface area contributed by atoms with Crippen molar-refractivity contribution in [1.82, 2.24) is 18.5 Å². The topological polar surface area (TPSA) is 98.9 Å². The Morgan fingerprint density at radius 2 is 1.97 bits per heavy atom. The van der Waals surface area contributed by atoms with Crippen molar-refractivity contribution < 1.29 is 13.6 Å². The Labute approximate surface area is 175 Å². The summed E-state index contributed by atoms with van der Waals surface area (Å²) in [5, 5.41) is 4.56. The van der Waals surface area contributed by atoms with Crippen molar-refractivity contribution in [2.75, 3.05) is 5.32 Å². The predicted molar refractivity (Wildman–Crippen MR) is 110 cm³/mol. The normalized spacial score (nSPS) is 11.2. The molecule has 12 heteroatoms. The maximum absolute atomic E-state index is 13.9. The Kier molecular flexibility index (Phi) is 5.03. The van der Waals surface area contributed by atoms with Crippen LogP contribution in [0.15, 0.2) is 33.2 Å². The summed E-state index contributed by atoms with van der Waals surface area (Å²) in [6.07, 6.45) is -0.201. The minimum atomic E-state index is -0.756. The summed E-state index contributed by atoms with van der Waals surface area (Å²) in [6, 6.07) is 3.15. The number of halogens is 2. The number of anilines is 1. The summed E-state index contributed by atoms with van der Waals surface area (Å²) >= 11 is 2.04. The highest BCUT2D eigenvalue weighted by Gasteiger charge is 2.19. The largest absolute Gasteiger partial charge is 0.331 e. The number of hydrogen-bond donors (Lipinski definition) is 1. The van der Waals surface area contributed by atoms with Crippen LogP contribution < -0.4 is 16.6 Å². The lowest BCUT2D eigenvalue weighted by Gasteiger charge is -2.04. The van der Waals surface area contributed by atoms with Crippen LogP contribution in [-0.2, 0) is 25.3 Å². The molecule has 0 saturated heterocycles. The maximum atomic E-state index is 13.9. The molecule has 3 aromatic heterocycles. The number of amides is 1. The highest BCUT2D eigenvalue weighted by molar-refractivity contribution is 7.14. The summed E-state index contributed by atoms with van der Waals surface area (Å²) in [5.74, 6) is -1.92. The third-order valence-corrected chi connectivity index (χ3v) is 6.15. The van der Waals surface area contributed by atoms with E-state index in [0.29, 0.717) is 4.83 Å². The Bertz CT molecular complexity index is 1420. The van der Waals surface area contributed by atoms with Gasteiger partial charge in [0.15, 0.2) is 5.13 Å². The van der Waals surface area contributed by atoms with Crippen molar-refractivity contribution in [2.24, 2.45) is 14.1 Å². The molecule has 4 aromatic rings. The number of benzene rings is 1. The minimum absolute atomic E-state index is 0.114. The number of carbonyl (C=O) groups is 1. The number of fused-ring (bicyclic) bond motifs is 1. The van der Waals surface area contributed by atoms with E-state index in [4.69, 9.17) is 0 Å². The number of nitrogens with zero attached hydrogens (tertiary/aromatic N) is 4. The van der Waals surface area contributed by atoms with Gasteiger partial charge in [-0.2, -0.15) is 4.37 Å². The second kappa shape index (κ2) is 7.54. The van der Waals surface area contributed by atoms with Gasteiger partial charge in [-0.3, -0.25) is 18.7 Å². The SMILES string of the molecule is Cn1c(=O)c2c(CC(=O)Nc3nc(-c4ccc(F)cc4F)cs3)nsc2n(C)c1=O. The second-order valence-electron chi connectivity index (χ2n) is 6.40. The number of thiazole rings is 1. The van der Waals surface area contributed by atoms with E-state index in [1.54, 1.807) is 0 Å². The van der Waals surface area contributed by atoms with Gasteiger partial charge in [0.1, 0.15) is 16.5 Å².